The van der Waals surface area contributed by atoms with Gasteiger partial charge in [0.05, 0.1) is 11.4 Å². The van der Waals surface area contributed by atoms with Gasteiger partial charge in [-0.3, -0.25) is 9.59 Å². The molecule has 33 heavy (non-hydrogen) atoms. The Hall–Kier alpha value is -3.42. The number of anilines is 2. The number of thioether (sulfide) groups is 1. The van der Waals surface area contributed by atoms with Gasteiger partial charge in [0.15, 0.2) is 5.13 Å². The van der Waals surface area contributed by atoms with E-state index in [9.17, 15) is 9.59 Å². The van der Waals surface area contributed by atoms with Crippen molar-refractivity contribution in [3.05, 3.63) is 94.9 Å². The highest BCUT2D eigenvalue weighted by Gasteiger charge is 2.12. The first-order valence-corrected chi connectivity index (χ1v) is 12.2. The van der Waals surface area contributed by atoms with Crippen LogP contribution in [0.25, 0.3) is 11.3 Å². The quantitative estimate of drug-likeness (QED) is 0.304. The van der Waals surface area contributed by atoms with Crippen molar-refractivity contribution in [1.82, 2.24) is 4.98 Å². The molecule has 0 atom stereocenters. The van der Waals surface area contributed by atoms with Crippen LogP contribution in [0.15, 0.2) is 83.8 Å². The molecular weight excluding hydrogens is 450 g/mol. The number of benzene rings is 3. The van der Waals surface area contributed by atoms with Crippen molar-refractivity contribution in [3.8, 4) is 11.3 Å². The normalized spacial score (nSPS) is 10.6. The molecule has 2 amide bonds. The highest BCUT2D eigenvalue weighted by Crippen LogP contribution is 2.30. The summed E-state index contributed by atoms with van der Waals surface area (Å²) in [5.41, 5.74) is 4.37. The molecule has 0 bridgehead atoms. The zero-order valence-electron chi connectivity index (χ0n) is 18.3. The Labute approximate surface area is 201 Å². The standard InChI is InChI=1S/C26H23N3O2S2/c1-17-8-10-20(11-9-17)25(31)27-21-12-14-22(15-13-21)32-16-23(30)28-26-29-24(18(2)33-26)19-6-4-3-5-7-19/h3-15H,16H2,1-2H3,(H,27,31)(H,28,29,30). The molecule has 3 aromatic carbocycles. The van der Waals surface area contributed by atoms with Crippen LogP contribution in [0.2, 0.25) is 0 Å². The van der Waals surface area contributed by atoms with E-state index in [1.807, 2.05) is 80.6 Å². The van der Waals surface area contributed by atoms with E-state index in [0.717, 1.165) is 26.6 Å². The Morgan fingerprint density at radius 2 is 1.58 bits per heavy atom. The summed E-state index contributed by atoms with van der Waals surface area (Å²) in [5, 5.41) is 6.39. The van der Waals surface area contributed by atoms with Gasteiger partial charge in [-0.15, -0.1) is 23.1 Å². The first-order valence-electron chi connectivity index (χ1n) is 10.4. The smallest absolute Gasteiger partial charge is 0.255 e. The van der Waals surface area contributed by atoms with Crippen LogP contribution in [-0.2, 0) is 4.79 Å². The van der Waals surface area contributed by atoms with Crippen LogP contribution >= 0.6 is 23.1 Å². The first-order chi connectivity index (χ1) is 16.0. The Bertz CT molecular complexity index is 1250. The number of aryl methyl sites for hydroxylation is 2. The molecule has 1 heterocycles. The minimum atomic E-state index is -0.150. The maximum atomic E-state index is 12.4. The molecule has 0 aliphatic heterocycles. The maximum absolute atomic E-state index is 12.4. The van der Waals surface area contributed by atoms with Crippen molar-refractivity contribution >= 4 is 45.7 Å². The maximum Gasteiger partial charge on any atom is 0.255 e. The summed E-state index contributed by atoms with van der Waals surface area (Å²) >= 11 is 2.91. The summed E-state index contributed by atoms with van der Waals surface area (Å²) in [6.07, 6.45) is 0. The van der Waals surface area contributed by atoms with Gasteiger partial charge in [0.2, 0.25) is 5.91 Å². The van der Waals surface area contributed by atoms with Crippen molar-refractivity contribution in [2.75, 3.05) is 16.4 Å². The van der Waals surface area contributed by atoms with E-state index in [1.54, 1.807) is 12.1 Å². The molecule has 0 unspecified atom stereocenters. The number of nitrogens with zero attached hydrogens (tertiary/aromatic N) is 1. The molecule has 7 heteroatoms. The van der Waals surface area contributed by atoms with Gasteiger partial charge < -0.3 is 10.6 Å². The molecule has 0 fully saturated rings. The number of carbonyl (C=O) groups excluding carboxylic acids is 2. The minimum absolute atomic E-state index is 0.106. The summed E-state index contributed by atoms with van der Waals surface area (Å²) in [4.78, 5) is 31.3. The number of thiazole rings is 1. The van der Waals surface area contributed by atoms with Gasteiger partial charge in [0.1, 0.15) is 0 Å². The molecule has 1 aromatic heterocycles. The van der Waals surface area contributed by atoms with Crippen molar-refractivity contribution in [1.29, 1.82) is 0 Å². The Morgan fingerprint density at radius 1 is 0.879 bits per heavy atom. The Balaban J connectivity index is 1.29. The molecule has 166 valence electrons. The number of carbonyl (C=O) groups is 2. The van der Waals surface area contributed by atoms with E-state index in [2.05, 4.69) is 15.6 Å². The lowest BCUT2D eigenvalue weighted by atomic mass is 10.1. The number of rotatable bonds is 7. The highest BCUT2D eigenvalue weighted by atomic mass is 32.2. The molecule has 0 saturated carbocycles. The monoisotopic (exact) mass is 473 g/mol. The summed E-state index contributed by atoms with van der Waals surface area (Å²) < 4.78 is 0. The Morgan fingerprint density at radius 3 is 2.27 bits per heavy atom. The van der Waals surface area contributed by atoms with E-state index >= 15 is 0 Å². The third-order valence-corrected chi connectivity index (χ3v) is 6.78. The topological polar surface area (TPSA) is 71.1 Å². The van der Waals surface area contributed by atoms with Crippen molar-refractivity contribution in [3.63, 3.8) is 0 Å². The number of hydrogen-bond donors (Lipinski definition) is 2. The largest absolute Gasteiger partial charge is 0.322 e. The molecule has 0 radical (unpaired) electrons. The Kier molecular flexibility index (Phi) is 7.22. The van der Waals surface area contributed by atoms with Gasteiger partial charge >= 0.3 is 0 Å². The molecule has 0 aliphatic rings. The van der Waals surface area contributed by atoms with Crippen LogP contribution in [0.3, 0.4) is 0 Å². The lowest BCUT2D eigenvalue weighted by Gasteiger charge is -2.07. The van der Waals surface area contributed by atoms with Crippen LogP contribution in [-0.4, -0.2) is 22.6 Å². The number of aromatic nitrogens is 1. The van der Waals surface area contributed by atoms with E-state index in [0.29, 0.717) is 16.4 Å². The second kappa shape index (κ2) is 10.5. The summed E-state index contributed by atoms with van der Waals surface area (Å²) in [6, 6.07) is 24.8. The lowest BCUT2D eigenvalue weighted by molar-refractivity contribution is -0.113. The van der Waals surface area contributed by atoms with Crippen LogP contribution in [0.1, 0.15) is 20.8 Å². The average Bonchev–Trinajstić information content (AvgIpc) is 3.19. The minimum Gasteiger partial charge on any atom is -0.322 e. The van der Waals surface area contributed by atoms with Gasteiger partial charge in [0, 0.05) is 26.6 Å². The van der Waals surface area contributed by atoms with Crippen molar-refractivity contribution < 1.29 is 9.59 Å². The number of hydrogen-bond acceptors (Lipinski definition) is 5. The van der Waals surface area contributed by atoms with Gasteiger partial charge in [-0.1, -0.05) is 48.0 Å². The molecule has 2 N–H and O–H groups in total. The third kappa shape index (κ3) is 6.09. The lowest BCUT2D eigenvalue weighted by Crippen LogP contribution is -2.13. The molecule has 5 nitrogen and oxygen atoms in total. The van der Waals surface area contributed by atoms with Crippen LogP contribution < -0.4 is 10.6 Å². The third-order valence-electron chi connectivity index (χ3n) is 4.89. The fourth-order valence-electron chi connectivity index (χ4n) is 3.16. The fourth-order valence-corrected chi connectivity index (χ4v) is 4.71. The molecule has 0 saturated heterocycles. The molecular formula is C26H23N3O2S2. The first kappa shape index (κ1) is 22.8. The zero-order chi connectivity index (χ0) is 23.2. The second-order valence-corrected chi connectivity index (χ2v) is 9.72. The van der Waals surface area contributed by atoms with Crippen LogP contribution in [0.4, 0.5) is 10.8 Å². The van der Waals surface area contributed by atoms with Gasteiger partial charge in [0.25, 0.3) is 5.91 Å². The number of nitrogens with one attached hydrogen (secondary N) is 2. The summed E-state index contributed by atoms with van der Waals surface area (Å²) in [7, 11) is 0. The summed E-state index contributed by atoms with van der Waals surface area (Å²) in [5.74, 6) is 0.0162. The van der Waals surface area contributed by atoms with E-state index in [4.69, 9.17) is 0 Å². The van der Waals surface area contributed by atoms with Crippen LogP contribution in [0.5, 0.6) is 0 Å². The highest BCUT2D eigenvalue weighted by molar-refractivity contribution is 8.00. The zero-order valence-corrected chi connectivity index (χ0v) is 19.9. The SMILES string of the molecule is Cc1ccc(C(=O)Nc2ccc(SCC(=O)Nc3nc(-c4ccccc4)c(C)s3)cc2)cc1. The van der Waals surface area contributed by atoms with E-state index in [1.165, 1.54) is 23.1 Å². The van der Waals surface area contributed by atoms with E-state index < -0.39 is 0 Å². The molecule has 0 aliphatic carbocycles. The molecule has 0 spiro atoms. The van der Waals surface area contributed by atoms with Crippen LogP contribution in [0, 0.1) is 13.8 Å². The average molecular weight is 474 g/mol. The van der Waals surface area contributed by atoms with E-state index in [-0.39, 0.29) is 17.6 Å². The molecule has 4 aromatic rings. The predicted octanol–water partition coefficient (Wildman–Crippen LogP) is 6.41. The number of amides is 2. The molecule has 4 rings (SSSR count). The van der Waals surface area contributed by atoms with Gasteiger partial charge in [-0.2, -0.15) is 0 Å². The van der Waals surface area contributed by atoms with Crippen molar-refractivity contribution in [2.24, 2.45) is 0 Å². The van der Waals surface area contributed by atoms with Gasteiger partial charge in [-0.25, -0.2) is 4.98 Å². The summed E-state index contributed by atoms with van der Waals surface area (Å²) in [6.45, 7) is 3.99. The van der Waals surface area contributed by atoms with Crippen molar-refractivity contribution in [2.45, 2.75) is 18.7 Å². The predicted molar refractivity (Wildman–Crippen MR) is 137 cm³/mol. The van der Waals surface area contributed by atoms with Gasteiger partial charge in [-0.05, 0) is 50.2 Å². The second-order valence-electron chi connectivity index (χ2n) is 7.47. The fraction of sp³-hybridized carbons (Fsp3) is 0.115.